The van der Waals surface area contributed by atoms with Crippen molar-refractivity contribution in [2.45, 2.75) is 39.2 Å². The normalized spacial score (nSPS) is 13.3. The van der Waals surface area contributed by atoms with Crippen LogP contribution in [-0.2, 0) is 11.5 Å². The Labute approximate surface area is 86.1 Å². The zero-order valence-corrected chi connectivity index (χ0v) is 9.38. The molecule has 80 valence electrons. The van der Waals surface area contributed by atoms with Crippen LogP contribution >= 0.6 is 12.2 Å². The second-order valence-corrected chi connectivity index (χ2v) is 4.63. The van der Waals surface area contributed by atoms with Gasteiger partial charge in [0.05, 0.1) is 0 Å². The van der Waals surface area contributed by atoms with Crippen molar-refractivity contribution in [3.05, 3.63) is 10.6 Å². The van der Waals surface area contributed by atoms with Crippen molar-refractivity contribution in [1.82, 2.24) is 14.8 Å². The highest BCUT2D eigenvalue weighted by atomic mass is 32.1. The first-order valence-corrected chi connectivity index (χ1v) is 4.61. The lowest BCUT2D eigenvalue weighted by atomic mass is 10.1. The molecular formula is C8H13F2N3S. The van der Waals surface area contributed by atoms with Crippen LogP contribution in [0.1, 0.15) is 33.5 Å². The average molecular weight is 221 g/mol. The fourth-order valence-corrected chi connectivity index (χ4v) is 1.62. The van der Waals surface area contributed by atoms with Crippen molar-refractivity contribution < 1.29 is 8.78 Å². The number of nitrogens with one attached hydrogen (secondary N) is 1. The summed E-state index contributed by atoms with van der Waals surface area (Å²) >= 11 is 4.90. The number of aromatic amines is 1. The molecule has 0 unspecified atom stereocenters. The number of nitrogens with zero attached hydrogens (tertiary/aromatic N) is 2. The van der Waals surface area contributed by atoms with Gasteiger partial charge in [0.25, 0.3) is 0 Å². The Bertz CT molecular complexity index is 381. The minimum atomic E-state index is -2.99. The molecule has 0 aliphatic heterocycles. The zero-order valence-electron chi connectivity index (χ0n) is 8.56. The number of aromatic nitrogens is 3. The van der Waals surface area contributed by atoms with Gasteiger partial charge in [-0.3, -0.25) is 9.67 Å². The lowest BCUT2D eigenvalue weighted by Crippen LogP contribution is -2.28. The van der Waals surface area contributed by atoms with Crippen molar-refractivity contribution in [1.29, 1.82) is 0 Å². The van der Waals surface area contributed by atoms with E-state index < -0.39 is 11.5 Å². The molecule has 0 atom stereocenters. The number of alkyl halides is 2. The summed E-state index contributed by atoms with van der Waals surface area (Å²) in [4.78, 5) is 0. The summed E-state index contributed by atoms with van der Waals surface area (Å²) in [5.41, 5.74) is -0.501. The third-order valence-corrected chi connectivity index (χ3v) is 2.01. The minimum absolute atomic E-state index is 0.217. The number of halogens is 2. The number of hydrogen-bond acceptors (Lipinski definition) is 2. The van der Waals surface area contributed by atoms with Crippen LogP contribution in [0.2, 0.25) is 0 Å². The first-order valence-electron chi connectivity index (χ1n) is 4.20. The molecule has 0 saturated carbocycles. The molecule has 1 aromatic rings. The van der Waals surface area contributed by atoms with E-state index in [0.717, 1.165) is 6.92 Å². The molecular weight excluding hydrogens is 208 g/mol. The SMILES string of the molecule is CC(F)(F)c1n[nH]c(=S)n1C(C)(C)C. The van der Waals surface area contributed by atoms with Gasteiger partial charge in [-0.25, -0.2) is 0 Å². The summed E-state index contributed by atoms with van der Waals surface area (Å²) < 4.78 is 27.8. The highest BCUT2D eigenvalue weighted by Crippen LogP contribution is 2.29. The molecule has 1 rings (SSSR count). The summed E-state index contributed by atoms with van der Waals surface area (Å²) in [6.07, 6.45) is 0. The van der Waals surface area contributed by atoms with Gasteiger partial charge in [-0.15, -0.1) is 0 Å². The summed E-state index contributed by atoms with van der Waals surface area (Å²) in [6, 6.07) is 0. The van der Waals surface area contributed by atoms with Gasteiger partial charge < -0.3 is 0 Å². The Balaban J connectivity index is 3.43. The maximum absolute atomic E-state index is 13.1. The average Bonchev–Trinajstić information content (AvgIpc) is 2.27. The van der Waals surface area contributed by atoms with E-state index in [1.807, 2.05) is 0 Å². The van der Waals surface area contributed by atoms with Crippen LogP contribution in [0.15, 0.2) is 0 Å². The molecule has 1 aromatic heterocycles. The summed E-state index contributed by atoms with van der Waals surface area (Å²) in [6.45, 7) is 6.20. The Hall–Kier alpha value is -0.780. The van der Waals surface area contributed by atoms with E-state index in [0.29, 0.717) is 0 Å². The van der Waals surface area contributed by atoms with Gasteiger partial charge in [0.1, 0.15) is 0 Å². The molecule has 1 heterocycles. The topological polar surface area (TPSA) is 33.6 Å². The molecule has 0 fully saturated rings. The molecule has 1 N–H and O–H groups in total. The summed E-state index contributed by atoms with van der Waals surface area (Å²) in [7, 11) is 0. The Morgan fingerprint density at radius 1 is 1.29 bits per heavy atom. The maximum atomic E-state index is 13.1. The third kappa shape index (κ3) is 2.00. The fourth-order valence-electron chi connectivity index (χ4n) is 1.21. The molecule has 0 aliphatic rings. The van der Waals surface area contributed by atoms with E-state index in [2.05, 4.69) is 10.2 Å². The van der Waals surface area contributed by atoms with Crippen LogP contribution < -0.4 is 0 Å². The molecule has 0 amide bonds. The molecule has 3 nitrogen and oxygen atoms in total. The molecule has 0 bridgehead atoms. The second-order valence-electron chi connectivity index (χ2n) is 4.25. The van der Waals surface area contributed by atoms with Gasteiger partial charge in [0.15, 0.2) is 4.77 Å². The molecule has 0 saturated heterocycles. The van der Waals surface area contributed by atoms with Crippen molar-refractivity contribution in [3.63, 3.8) is 0 Å². The molecule has 0 aromatic carbocycles. The Kier molecular flexibility index (Phi) is 2.51. The minimum Gasteiger partial charge on any atom is -0.294 e. The van der Waals surface area contributed by atoms with Crippen LogP contribution in [0, 0.1) is 4.77 Å². The molecule has 14 heavy (non-hydrogen) atoms. The maximum Gasteiger partial charge on any atom is 0.304 e. The van der Waals surface area contributed by atoms with E-state index in [1.165, 1.54) is 4.57 Å². The van der Waals surface area contributed by atoms with Crippen LogP contribution in [-0.4, -0.2) is 14.8 Å². The van der Waals surface area contributed by atoms with Crippen LogP contribution in [0.5, 0.6) is 0 Å². The van der Waals surface area contributed by atoms with Gasteiger partial charge in [-0.2, -0.15) is 13.9 Å². The predicted octanol–water partition coefficient (Wildman–Crippen LogP) is 2.81. The van der Waals surface area contributed by atoms with Gasteiger partial charge in [0.2, 0.25) is 5.82 Å². The van der Waals surface area contributed by atoms with Crippen molar-refractivity contribution in [2.24, 2.45) is 0 Å². The zero-order chi connectivity index (χ0) is 11.1. The monoisotopic (exact) mass is 221 g/mol. The molecule has 0 spiro atoms. The number of H-pyrrole nitrogens is 1. The highest BCUT2D eigenvalue weighted by Gasteiger charge is 2.34. The Morgan fingerprint density at radius 3 is 2.07 bits per heavy atom. The lowest BCUT2D eigenvalue weighted by molar-refractivity contribution is -0.00000352. The van der Waals surface area contributed by atoms with E-state index in [4.69, 9.17) is 12.2 Å². The van der Waals surface area contributed by atoms with Crippen molar-refractivity contribution >= 4 is 12.2 Å². The summed E-state index contributed by atoms with van der Waals surface area (Å²) in [5.74, 6) is -3.31. The largest absolute Gasteiger partial charge is 0.304 e. The van der Waals surface area contributed by atoms with E-state index in [1.54, 1.807) is 20.8 Å². The fraction of sp³-hybridized carbons (Fsp3) is 0.750. The highest BCUT2D eigenvalue weighted by molar-refractivity contribution is 7.71. The van der Waals surface area contributed by atoms with Gasteiger partial charge in [-0.05, 0) is 33.0 Å². The van der Waals surface area contributed by atoms with Gasteiger partial charge in [0, 0.05) is 12.5 Å². The summed E-state index contributed by atoms with van der Waals surface area (Å²) in [5, 5.41) is 5.94. The third-order valence-electron chi connectivity index (χ3n) is 1.74. The smallest absolute Gasteiger partial charge is 0.294 e. The predicted molar refractivity (Wildman–Crippen MR) is 52.0 cm³/mol. The first-order chi connectivity index (χ1) is 6.14. The quantitative estimate of drug-likeness (QED) is 0.740. The number of rotatable bonds is 1. The standard InChI is InChI=1S/C8H13F2N3S/c1-7(2,3)13-5(8(4,9)10)11-12-6(13)14/h1-4H3,(H,12,14). The van der Waals surface area contributed by atoms with E-state index in [9.17, 15) is 8.78 Å². The van der Waals surface area contributed by atoms with E-state index in [-0.39, 0.29) is 10.6 Å². The van der Waals surface area contributed by atoms with E-state index >= 15 is 0 Å². The van der Waals surface area contributed by atoms with Gasteiger partial charge in [-0.1, -0.05) is 0 Å². The van der Waals surface area contributed by atoms with Gasteiger partial charge >= 0.3 is 5.92 Å². The lowest BCUT2D eigenvalue weighted by Gasteiger charge is -2.24. The van der Waals surface area contributed by atoms with Crippen LogP contribution in [0.3, 0.4) is 0 Å². The molecule has 0 radical (unpaired) electrons. The number of hydrogen-bond donors (Lipinski definition) is 1. The van der Waals surface area contributed by atoms with Crippen molar-refractivity contribution in [3.8, 4) is 0 Å². The molecule has 0 aliphatic carbocycles. The van der Waals surface area contributed by atoms with Crippen molar-refractivity contribution in [2.75, 3.05) is 0 Å². The van der Waals surface area contributed by atoms with Crippen LogP contribution in [0.25, 0.3) is 0 Å². The second kappa shape index (κ2) is 3.12. The Morgan fingerprint density at radius 2 is 1.79 bits per heavy atom. The first kappa shape index (κ1) is 11.3. The molecule has 6 heteroatoms. The van der Waals surface area contributed by atoms with Crippen LogP contribution in [0.4, 0.5) is 8.78 Å².